The smallest absolute Gasteiger partial charge is 0.343 e. The number of carbonyl (C=O) groups is 2. The van der Waals surface area contributed by atoms with Crippen LogP contribution in [0.5, 0.6) is 5.75 Å². The zero-order chi connectivity index (χ0) is 20.7. The average molecular weight is 450 g/mol. The van der Waals surface area contributed by atoms with Gasteiger partial charge in [-0.3, -0.25) is 4.79 Å². The van der Waals surface area contributed by atoms with Crippen LogP contribution in [-0.2, 0) is 16.1 Å². The zero-order valence-corrected chi connectivity index (χ0v) is 17.5. The van der Waals surface area contributed by atoms with Gasteiger partial charge in [-0.2, -0.15) is 0 Å². The van der Waals surface area contributed by atoms with E-state index in [1.54, 1.807) is 56.3 Å². The molecule has 0 saturated heterocycles. The Bertz CT molecular complexity index is 878. The van der Waals surface area contributed by atoms with Crippen LogP contribution in [-0.4, -0.2) is 37.4 Å². The van der Waals surface area contributed by atoms with Gasteiger partial charge in [0.2, 0.25) is 5.78 Å². The van der Waals surface area contributed by atoms with Gasteiger partial charge in [0.25, 0.3) is 0 Å². The number of esters is 1. The van der Waals surface area contributed by atoms with Crippen molar-refractivity contribution in [3.63, 3.8) is 0 Å². The highest BCUT2D eigenvalue weighted by molar-refractivity contribution is 9.10. The molecule has 0 aliphatic heterocycles. The molecule has 5 nitrogen and oxygen atoms in total. The molecule has 0 N–H and O–H groups in total. The molecule has 0 radical (unpaired) electrons. The molecule has 0 bridgehead atoms. The van der Waals surface area contributed by atoms with Crippen LogP contribution in [0.1, 0.15) is 22.8 Å². The molecule has 28 heavy (non-hydrogen) atoms. The van der Waals surface area contributed by atoms with E-state index in [2.05, 4.69) is 15.9 Å². The highest BCUT2D eigenvalue weighted by Gasteiger charge is 2.24. The molecule has 0 aromatic heterocycles. The van der Waals surface area contributed by atoms with Gasteiger partial charge in [0.05, 0.1) is 6.61 Å². The summed E-state index contributed by atoms with van der Waals surface area (Å²) in [5.74, 6) is -1.04. The van der Waals surface area contributed by atoms with Gasteiger partial charge in [0, 0.05) is 30.3 Å². The third-order valence-corrected chi connectivity index (χ3v) is 4.32. The van der Waals surface area contributed by atoms with Crippen molar-refractivity contribution in [3.05, 3.63) is 75.7 Å². The maximum atomic E-state index is 13.0. The van der Waals surface area contributed by atoms with Crippen molar-refractivity contribution in [3.8, 4) is 5.75 Å². The number of hydrogen-bond donors (Lipinski definition) is 0. The van der Waals surface area contributed by atoms with Crippen LogP contribution in [0.3, 0.4) is 0 Å². The minimum atomic E-state index is -0.689. The topological polar surface area (TPSA) is 55.8 Å². The Hall–Kier alpha value is -2.67. The van der Waals surface area contributed by atoms with Gasteiger partial charge in [0.1, 0.15) is 23.7 Å². The largest absolute Gasteiger partial charge is 0.489 e. The number of benzene rings is 2. The fourth-order valence-electron chi connectivity index (χ4n) is 2.33. The maximum absolute atomic E-state index is 13.0. The van der Waals surface area contributed by atoms with Crippen molar-refractivity contribution < 1.29 is 23.5 Å². The lowest BCUT2D eigenvalue weighted by molar-refractivity contribution is -0.138. The quantitative estimate of drug-likeness (QED) is 0.197. The van der Waals surface area contributed by atoms with Gasteiger partial charge in [-0.1, -0.05) is 28.1 Å². The van der Waals surface area contributed by atoms with Crippen LogP contribution >= 0.6 is 15.9 Å². The summed E-state index contributed by atoms with van der Waals surface area (Å²) >= 11 is 3.35. The summed E-state index contributed by atoms with van der Waals surface area (Å²) in [5.41, 5.74) is 0.984. The molecule has 0 atom stereocenters. The number of Topliss-reactive ketones (excluding diaryl/α,β-unsaturated/α-hetero) is 1. The van der Waals surface area contributed by atoms with Gasteiger partial charge >= 0.3 is 5.97 Å². The number of rotatable bonds is 8. The second-order valence-electron chi connectivity index (χ2n) is 6.11. The number of ketones is 1. The van der Waals surface area contributed by atoms with Crippen LogP contribution in [0.15, 0.2) is 58.7 Å². The number of carbonyl (C=O) groups excluding carboxylic acids is 2. The van der Waals surface area contributed by atoms with Crippen molar-refractivity contribution >= 4 is 27.7 Å². The molecule has 2 rings (SSSR count). The minimum Gasteiger partial charge on any atom is -0.489 e. The summed E-state index contributed by atoms with van der Waals surface area (Å²) in [5, 5.41) is 0. The van der Waals surface area contributed by atoms with Gasteiger partial charge in [-0.05, 0) is 42.8 Å². The third-order valence-electron chi connectivity index (χ3n) is 3.63. The van der Waals surface area contributed by atoms with Crippen LogP contribution in [0.4, 0.5) is 4.39 Å². The van der Waals surface area contributed by atoms with E-state index in [0.717, 1.165) is 5.56 Å². The van der Waals surface area contributed by atoms with Crippen molar-refractivity contribution in [2.24, 2.45) is 0 Å². The zero-order valence-electron chi connectivity index (χ0n) is 15.9. The van der Waals surface area contributed by atoms with Gasteiger partial charge < -0.3 is 14.4 Å². The molecule has 0 fully saturated rings. The monoisotopic (exact) mass is 449 g/mol. The number of halogens is 2. The Morgan fingerprint density at radius 3 is 2.43 bits per heavy atom. The SMILES string of the molecule is CCOC(=O)/C(=C/N(C)C)C(=O)c1cc(OCc2ccc(F)cc2)ccc1Br. The molecule has 0 aliphatic carbocycles. The molecular weight excluding hydrogens is 429 g/mol. The number of ether oxygens (including phenoxy) is 2. The molecule has 0 spiro atoms. The highest BCUT2D eigenvalue weighted by Crippen LogP contribution is 2.26. The number of nitrogens with zero attached hydrogens (tertiary/aromatic N) is 1. The Labute approximate surface area is 171 Å². The van der Waals surface area contributed by atoms with Crippen molar-refractivity contribution in [2.45, 2.75) is 13.5 Å². The second-order valence-corrected chi connectivity index (χ2v) is 6.97. The molecule has 0 heterocycles. The summed E-state index contributed by atoms with van der Waals surface area (Å²) in [4.78, 5) is 26.8. The second kappa shape index (κ2) is 10.0. The minimum absolute atomic E-state index is 0.0803. The van der Waals surface area contributed by atoms with Gasteiger partial charge in [-0.25, -0.2) is 9.18 Å². The molecule has 148 valence electrons. The van der Waals surface area contributed by atoms with E-state index in [4.69, 9.17) is 9.47 Å². The first-order valence-electron chi connectivity index (χ1n) is 8.58. The molecule has 0 unspecified atom stereocenters. The summed E-state index contributed by atoms with van der Waals surface area (Å²) in [6.45, 7) is 2.06. The van der Waals surface area contributed by atoms with E-state index in [-0.39, 0.29) is 30.2 Å². The van der Waals surface area contributed by atoms with Crippen LogP contribution in [0.25, 0.3) is 0 Å². The van der Waals surface area contributed by atoms with Crippen LogP contribution in [0, 0.1) is 5.82 Å². The van der Waals surface area contributed by atoms with E-state index in [0.29, 0.717) is 10.2 Å². The standard InChI is InChI=1S/C21H21BrFNO4/c1-4-27-21(26)18(12-24(2)3)20(25)17-11-16(9-10-19(17)22)28-13-14-5-7-15(23)8-6-14/h5-12H,4,13H2,1-3H3/b18-12+. The highest BCUT2D eigenvalue weighted by atomic mass is 79.9. The fraction of sp³-hybridized carbons (Fsp3) is 0.238. The van der Waals surface area contributed by atoms with Gasteiger partial charge in [-0.15, -0.1) is 0 Å². The lowest BCUT2D eigenvalue weighted by atomic mass is 10.0. The molecule has 0 aliphatic rings. The summed E-state index contributed by atoms with van der Waals surface area (Å²) in [7, 11) is 3.42. The lowest BCUT2D eigenvalue weighted by Crippen LogP contribution is -2.19. The van der Waals surface area contributed by atoms with Crippen LogP contribution in [0.2, 0.25) is 0 Å². The first kappa shape index (κ1) is 21.6. The number of hydrogen-bond acceptors (Lipinski definition) is 5. The Morgan fingerprint density at radius 1 is 1.14 bits per heavy atom. The van der Waals surface area contributed by atoms with E-state index < -0.39 is 11.8 Å². The molecule has 2 aromatic rings. The van der Waals surface area contributed by atoms with E-state index in [1.807, 2.05) is 0 Å². The summed E-state index contributed by atoms with van der Waals surface area (Å²) < 4.78 is 24.2. The van der Waals surface area contributed by atoms with Crippen molar-refractivity contribution in [1.29, 1.82) is 0 Å². The van der Waals surface area contributed by atoms with Crippen molar-refractivity contribution in [1.82, 2.24) is 4.90 Å². The summed E-state index contributed by atoms with van der Waals surface area (Å²) in [6.07, 6.45) is 1.43. The Balaban J connectivity index is 2.25. The van der Waals surface area contributed by atoms with E-state index >= 15 is 0 Å². The first-order valence-corrected chi connectivity index (χ1v) is 9.38. The summed E-state index contributed by atoms with van der Waals surface area (Å²) in [6, 6.07) is 10.9. The first-order chi connectivity index (χ1) is 13.3. The average Bonchev–Trinajstić information content (AvgIpc) is 2.66. The Morgan fingerprint density at radius 2 is 1.82 bits per heavy atom. The van der Waals surface area contributed by atoms with E-state index in [1.165, 1.54) is 18.3 Å². The van der Waals surface area contributed by atoms with E-state index in [9.17, 15) is 14.0 Å². The predicted octanol–water partition coefficient (Wildman–Crippen LogP) is 4.36. The van der Waals surface area contributed by atoms with Gasteiger partial charge in [0.15, 0.2) is 0 Å². The normalized spacial score (nSPS) is 11.1. The molecule has 7 heteroatoms. The van der Waals surface area contributed by atoms with Crippen LogP contribution < -0.4 is 4.74 Å². The molecule has 2 aromatic carbocycles. The molecule has 0 amide bonds. The fourth-order valence-corrected chi connectivity index (χ4v) is 2.76. The molecule has 0 saturated carbocycles. The molecular formula is C21H21BrFNO4. The third kappa shape index (κ3) is 5.92. The predicted molar refractivity (Wildman–Crippen MR) is 108 cm³/mol. The van der Waals surface area contributed by atoms with Crippen molar-refractivity contribution in [2.75, 3.05) is 20.7 Å². The Kier molecular flexibility index (Phi) is 7.75. The maximum Gasteiger partial charge on any atom is 0.343 e. The lowest BCUT2D eigenvalue weighted by Gasteiger charge is -2.13.